The predicted molar refractivity (Wildman–Crippen MR) is 66.3 cm³/mol. The number of hydrogen-bond acceptors (Lipinski definition) is 2. The number of benzene rings is 1. The van der Waals surface area contributed by atoms with Crippen LogP contribution in [0.1, 0.15) is 25.5 Å². The van der Waals surface area contributed by atoms with Crippen LogP contribution in [0.3, 0.4) is 0 Å². The Kier molecular flexibility index (Phi) is 3.42. The fraction of sp³-hybridized carbons (Fsp3) is 0.308. The summed E-state index contributed by atoms with van der Waals surface area (Å²) in [7, 11) is 0. The van der Waals surface area contributed by atoms with Gasteiger partial charge in [-0.2, -0.15) is 5.10 Å². The Morgan fingerprint density at radius 3 is 2.82 bits per heavy atom. The first-order valence-electron chi connectivity index (χ1n) is 5.68. The molecule has 0 amide bonds. The Morgan fingerprint density at radius 2 is 2.18 bits per heavy atom. The van der Waals surface area contributed by atoms with Gasteiger partial charge in [-0.3, -0.25) is 4.68 Å². The third-order valence-corrected chi connectivity index (χ3v) is 2.50. The molecule has 0 radical (unpaired) electrons. The zero-order chi connectivity index (χ0) is 12.3. The van der Waals surface area contributed by atoms with Gasteiger partial charge in [0, 0.05) is 24.8 Å². The van der Waals surface area contributed by atoms with Crippen molar-refractivity contribution in [3.8, 4) is 0 Å². The van der Waals surface area contributed by atoms with Crippen LogP contribution in [0.15, 0.2) is 36.5 Å². The minimum Gasteiger partial charge on any atom is -0.365 e. The highest BCUT2D eigenvalue weighted by molar-refractivity contribution is 5.34. The van der Waals surface area contributed by atoms with Gasteiger partial charge in [-0.1, -0.05) is 12.1 Å². The summed E-state index contributed by atoms with van der Waals surface area (Å²) in [6.07, 6.45) is 1.93. The summed E-state index contributed by atoms with van der Waals surface area (Å²) in [5.74, 6) is 0.597. The van der Waals surface area contributed by atoms with E-state index in [1.807, 2.05) is 23.0 Å². The maximum atomic E-state index is 13.0. The summed E-state index contributed by atoms with van der Waals surface area (Å²) < 4.78 is 14.8. The number of rotatable bonds is 4. The summed E-state index contributed by atoms with van der Waals surface area (Å²) in [6.45, 7) is 4.72. The van der Waals surface area contributed by atoms with E-state index in [9.17, 15) is 4.39 Å². The topological polar surface area (TPSA) is 29.9 Å². The van der Waals surface area contributed by atoms with E-state index in [4.69, 9.17) is 0 Å². The zero-order valence-electron chi connectivity index (χ0n) is 10.0. The lowest BCUT2D eigenvalue weighted by atomic mass is 10.2. The second-order valence-corrected chi connectivity index (χ2v) is 4.26. The van der Waals surface area contributed by atoms with Gasteiger partial charge in [0.2, 0.25) is 0 Å². The molecule has 0 aliphatic carbocycles. The highest BCUT2D eigenvalue weighted by Crippen LogP contribution is 2.10. The van der Waals surface area contributed by atoms with Crippen LogP contribution in [0, 0.1) is 5.82 Å². The van der Waals surface area contributed by atoms with E-state index < -0.39 is 0 Å². The third kappa shape index (κ3) is 3.06. The van der Waals surface area contributed by atoms with E-state index in [0.29, 0.717) is 12.6 Å². The minimum atomic E-state index is -0.211. The van der Waals surface area contributed by atoms with Crippen molar-refractivity contribution in [3.63, 3.8) is 0 Å². The quantitative estimate of drug-likeness (QED) is 0.878. The molecule has 90 valence electrons. The van der Waals surface area contributed by atoms with Crippen LogP contribution in [-0.2, 0) is 6.54 Å². The predicted octanol–water partition coefficient (Wildman–Crippen LogP) is 3.22. The first-order chi connectivity index (χ1) is 8.15. The minimum absolute atomic E-state index is 0.211. The molecule has 2 aromatic rings. The first kappa shape index (κ1) is 11.6. The van der Waals surface area contributed by atoms with Gasteiger partial charge in [0.25, 0.3) is 0 Å². The number of nitrogens with one attached hydrogen (secondary N) is 1. The van der Waals surface area contributed by atoms with E-state index in [1.165, 1.54) is 12.1 Å². The summed E-state index contributed by atoms with van der Waals surface area (Å²) >= 11 is 0. The zero-order valence-corrected chi connectivity index (χ0v) is 10.0. The Bertz CT molecular complexity index is 491. The van der Waals surface area contributed by atoms with E-state index in [-0.39, 0.29) is 5.82 Å². The molecule has 1 aromatic carbocycles. The maximum absolute atomic E-state index is 13.0. The molecule has 0 atom stereocenters. The van der Waals surface area contributed by atoms with Gasteiger partial charge in [0.15, 0.2) is 0 Å². The van der Waals surface area contributed by atoms with Gasteiger partial charge in [-0.05, 0) is 31.5 Å². The van der Waals surface area contributed by atoms with E-state index in [2.05, 4.69) is 24.3 Å². The second kappa shape index (κ2) is 4.99. The fourth-order valence-electron chi connectivity index (χ4n) is 1.56. The van der Waals surface area contributed by atoms with Crippen molar-refractivity contribution in [2.75, 3.05) is 5.32 Å². The monoisotopic (exact) mass is 233 g/mol. The van der Waals surface area contributed by atoms with Crippen LogP contribution in [0.5, 0.6) is 0 Å². The van der Waals surface area contributed by atoms with Crippen molar-refractivity contribution < 1.29 is 4.39 Å². The number of halogens is 1. The fourth-order valence-corrected chi connectivity index (χ4v) is 1.56. The van der Waals surface area contributed by atoms with Crippen LogP contribution >= 0.6 is 0 Å². The lowest BCUT2D eigenvalue weighted by Crippen LogP contribution is -2.04. The van der Waals surface area contributed by atoms with E-state index in [0.717, 1.165) is 11.4 Å². The normalized spacial score (nSPS) is 10.8. The highest BCUT2D eigenvalue weighted by atomic mass is 19.1. The number of anilines is 1. The molecule has 0 bridgehead atoms. The Hall–Kier alpha value is -1.84. The van der Waals surface area contributed by atoms with E-state index in [1.54, 1.807) is 6.07 Å². The molecule has 0 unspecified atom stereocenters. The molecule has 0 spiro atoms. The molecule has 1 aromatic heterocycles. The molecule has 0 aliphatic heterocycles. The molecule has 0 aliphatic rings. The van der Waals surface area contributed by atoms with Crippen molar-refractivity contribution in [1.29, 1.82) is 0 Å². The van der Waals surface area contributed by atoms with E-state index >= 15 is 0 Å². The number of aromatic nitrogens is 2. The van der Waals surface area contributed by atoms with Crippen molar-refractivity contribution in [1.82, 2.24) is 9.78 Å². The molecule has 1 heterocycles. The van der Waals surface area contributed by atoms with Crippen molar-refractivity contribution >= 4 is 5.82 Å². The lowest BCUT2D eigenvalue weighted by Gasteiger charge is -2.05. The molecule has 0 saturated heterocycles. The van der Waals surface area contributed by atoms with Gasteiger partial charge in [0.1, 0.15) is 11.6 Å². The summed E-state index contributed by atoms with van der Waals surface area (Å²) in [6, 6.07) is 8.82. The molecule has 4 heteroatoms. The van der Waals surface area contributed by atoms with Gasteiger partial charge in [-0.25, -0.2) is 4.39 Å². The average Bonchev–Trinajstić information content (AvgIpc) is 2.75. The molecule has 17 heavy (non-hydrogen) atoms. The Morgan fingerprint density at radius 1 is 1.35 bits per heavy atom. The van der Waals surface area contributed by atoms with Crippen LogP contribution in [-0.4, -0.2) is 9.78 Å². The average molecular weight is 233 g/mol. The largest absolute Gasteiger partial charge is 0.365 e. The van der Waals surface area contributed by atoms with Gasteiger partial charge in [0.05, 0.1) is 0 Å². The molecule has 3 nitrogen and oxygen atoms in total. The summed E-state index contributed by atoms with van der Waals surface area (Å²) in [5, 5.41) is 7.52. The number of hydrogen-bond donors (Lipinski definition) is 1. The molecular formula is C13H16FN3. The second-order valence-electron chi connectivity index (χ2n) is 4.26. The van der Waals surface area contributed by atoms with Crippen LogP contribution in [0.2, 0.25) is 0 Å². The van der Waals surface area contributed by atoms with Crippen molar-refractivity contribution in [2.45, 2.75) is 26.4 Å². The molecule has 2 rings (SSSR count). The summed E-state index contributed by atoms with van der Waals surface area (Å²) in [5.41, 5.74) is 0.907. The SMILES string of the molecule is CC(C)n1ccc(NCc2cccc(F)c2)n1. The third-order valence-electron chi connectivity index (χ3n) is 2.50. The maximum Gasteiger partial charge on any atom is 0.148 e. The summed E-state index contributed by atoms with van der Waals surface area (Å²) in [4.78, 5) is 0. The van der Waals surface area contributed by atoms with Crippen molar-refractivity contribution in [3.05, 3.63) is 47.9 Å². The van der Waals surface area contributed by atoms with Crippen molar-refractivity contribution in [2.24, 2.45) is 0 Å². The van der Waals surface area contributed by atoms with Gasteiger partial charge < -0.3 is 5.32 Å². The Labute approximate surface area is 100 Å². The standard InChI is InChI=1S/C13H16FN3/c1-10(2)17-7-6-13(16-17)15-9-11-4-3-5-12(14)8-11/h3-8,10H,9H2,1-2H3,(H,15,16). The first-order valence-corrected chi connectivity index (χ1v) is 5.68. The molecule has 0 saturated carbocycles. The molecule has 0 fully saturated rings. The highest BCUT2D eigenvalue weighted by Gasteiger charge is 2.01. The van der Waals surface area contributed by atoms with Gasteiger partial charge in [-0.15, -0.1) is 0 Å². The van der Waals surface area contributed by atoms with Crippen LogP contribution in [0.4, 0.5) is 10.2 Å². The number of nitrogens with zero attached hydrogens (tertiary/aromatic N) is 2. The lowest BCUT2D eigenvalue weighted by molar-refractivity contribution is 0.534. The molecular weight excluding hydrogens is 217 g/mol. The Balaban J connectivity index is 1.97. The molecule has 1 N–H and O–H groups in total. The smallest absolute Gasteiger partial charge is 0.148 e. The van der Waals surface area contributed by atoms with Crippen LogP contribution < -0.4 is 5.32 Å². The van der Waals surface area contributed by atoms with Gasteiger partial charge >= 0.3 is 0 Å². The van der Waals surface area contributed by atoms with Crippen LogP contribution in [0.25, 0.3) is 0 Å².